The molecule has 0 aliphatic rings. The maximum absolute atomic E-state index is 8.36. The van der Waals surface area contributed by atoms with E-state index in [9.17, 15) is 0 Å². The number of fused-ring (bicyclic) bond motifs is 5. The van der Waals surface area contributed by atoms with Gasteiger partial charge < -0.3 is 4.52 Å². The van der Waals surface area contributed by atoms with Crippen molar-refractivity contribution in [2.24, 2.45) is 0 Å². The van der Waals surface area contributed by atoms with Crippen LogP contribution in [0.15, 0.2) is 53.0 Å². The fourth-order valence-electron chi connectivity index (χ4n) is 2.77. The molecule has 0 saturated carbocycles. The zero-order valence-corrected chi connectivity index (χ0v) is 12.2. The highest BCUT2D eigenvalue weighted by Gasteiger charge is 2.23. The summed E-state index contributed by atoms with van der Waals surface area (Å²) in [5.41, 5.74) is 1.21. The summed E-state index contributed by atoms with van der Waals surface area (Å²) in [6.07, 6.45) is 0. The third-order valence-corrected chi connectivity index (χ3v) is 3.78. The van der Waals surface area contributed by atoms with E-state index in [1.807, 2.05) is 18.2 Å². The third kappa shape index (κ3) is 1.75. The summed E-state index contributed by atoms with van der Waals surface area (Å²) in [4.78, 5) is 0. The zero-order valence-electron chi connectivity index (χ0n) is 16.2. The van der Waals surface area contributed by atoms with Crippen molar-refractivity contribution in [2.45, 2.75) is 26.2 Å². The van der Waals surface area contributed by atoms with Gasteiger partial charge >= 0.3 is 0 Å². The van der Waals surface area contributed by atoms with Crippen molar-refractivity contribution in [3.63, 3.8) is 0 Å². The van der Waals surface area contributed by atoms with Gasteiger partial charge in [0.15, 0.2) is 5.58 Å². The van der Waals surface area contributed by atoms with E-state index < -0.39 is 0 Å². The Morgan fingerprint density at radius 2 is 1.67 bits per heavy atom. The average Bonchev–Trinajstić information content (AvgIpc) is 3.01. The molecule has 21 heavy (non-hydrogen) atoms. The molecule has 0 aliphatic heterocycles. The summed E-state index contributed by atoms with van der Waals surface area (Å²) in [6, 6.07) is 6.96. The van der Waals surface area contributed by atoms with Crippen LogP contribution in [-0.4, -0.2) is 5.16 Å². The highest BCUT2D eigenvalue weighted by molar-refractivity contribution is 6.18. The van der Waals surface area contributed by atoms with Crippen LogP contribution < -0.4 is 0 Å². The van der Waals surface area contributed by atoms with Crippen LogP contribution in [0.4, 0.5) is 0 Å². The number of hydrogen-bond donors (Lipinski definition) is 0. The Hall–Kier alpha value is -2.35. The number of nitrogens with zero attached hydrogens (tertiary/aromatic N) is 1. The van der Waals surface area contributed by atoms with Crippen LogP contribution in [0.5, 0.6) is 0 Å². The largest absolute Gasteiger partial charge is 0.355 e. The molecule has 104 valence electrons. The van der Waals surface area contributed by atoms with E-state index in [0.29, 0.717) is 21.7 Å². The minimum absolute atomic E-state index is 0.0366. The van der Waals surface area contributed by atoms with Crippen molar-refractivity contribution in [1.82, 2.24) is 5.16 Å². The van der Waals surface area contributed by atoms with Crippen LogP contribution in [0.25, 0.3) is 32.5 Å². The molecule has 2 heteroatoms. The average molecular weight is 279 g/mol. The maximum atomic E-state index is 8.36. The van der Waals surface area contributed by atoms with Crippen LogP contribution in [-0.2, 0) is 5.41 Å². The Bertz CT molecular complexity index is 1170. The van der Waals surface area contributed by atoms with Gasteiger partial charge in [-0.05, 0) is 22.2 Å². The molecule has 0 radical (unpaired) electrons. The van der Waals surface area contributed by atoms with E-state index in [-0.39, 0.29) is 29.6 Å². The molecule has 0 saturated heterocycles. The molecule has 2 nitrogen and oxygen atoms in total. The van der Waals surface area contributed by atoms with Crippen molar-refractivity contribution < 1.29 is 10.0 Å². The summed E-state index contributed by atoms with van der Waals surface area (Å²) >= 11 is 0. The monoisotopic (exact) mass is 279 g/mol. The molecular weight excluding hydrogens is 258 g/mol. The van der Waals surface area contributed by atoms with Crippen LogP contribution >= 0.6 is 0 Å². The first-order valence-electron chi connectivity index (χ1n) is 8.93. The van der Waals surface area contributed by atoms with Gasteiger partial charge in [0.25, 0.3) is 0 Å². The van der Waals surface area contributed by atoms with Gasteiger partial charge in [-0.3, -0.25) is 0 Å². The Morgan fingerprint density at radius 1 is 0.952 bits per heavy atom. The minimum Gasteiger partial charge on any atom is -0.355 e. The normalized spacial score (nSPS) is 15.2. The van der Waals surface area contributed by atoms with E-state index >= 15 is 0 Å². The Balaban J connectivity index is 2.30. The minimum atomic E-state index is -0.238. The Labute approximate surface area is 129 Å². The van der Waals surface area contributed by atoms with Gasteiger partial charge in [0.2, 0.25) is 0 Å². The molecule has 0 fully saturated rings. The molecule has 3 aromatic carbocycles. The highest BCUT2D eigenvalue weighted by Crippen LogP contribution is 2.36. The third-order valence-electron chi connectivity index (χ3n) is 3.78. The summed E-state index contributed by atoms with van der Waals surface area (Å²) in [5.74, 6) is 0. The summed E-state index contributed by atoms with van der Waals surface area (Å²) in [5, 5.41) is 7.63. The van der Waals surface area contributed by atoms with Gasteiger partial charge in [0, 0.05) is 16.2 Å². The van der Waals surface area contributed by atoms with Crippen molar-refractivity contribution in [3.05, 3.63) is 54.1 Å². The van der Waals surface area contributed by atoms with Crippen LogP contribution in [0.2, 0.25) is 0 Å². The van der Waals surface area contributed by atoms with Gasteiger partial charge in [-0.15, -0.1) is 0 Å². The highest BCUT2D eigenvalue weighted by atomic mass is 16.5. The summed E-state index contributed by atoms with van der Waals surface area (Å²) in [6.45, 7) is 6.18. The fraction of sp³-hybridized carbons (Fsp3) is 0.211. The predicted molar refractivity (Wildman–Crippen MR) is 87.7 cm³/mol. The SMILES string of the molecule is [2H]c1c([2H])c([2H])c2c(ccc3ccc4c(C(C)(C)C)noc4c32)c1[2H]. The standard InChI is InChI=1S/C19H17NO/c1-19(2,3)18-15-11-10-13-9-8-12-6-4-5-7-14(12)16(13)17(15)21-20-18/h4-11H,1-3H3/i4D,5D,6D,7D. The molecular formula is C19H17NO. The van der Waals surface area contributed by atoms with Gasteiger partial charge in [-0.25, -0.2) is 0 Å². The second-order valence-electron chi connectivity index (χ2n) is 6.31. The second-order valence-corrected chi connectivity index (χ2v) is 6.31. The van der Waals surface area contributed by atoms with Crippen molar-refractivity contribution >= 4 is 32.5 Å². The first-order valence-corrected chi connectivity index (χ1v) is 6.93. The van der Waals surface area contributed by atoms with E-state index in [1.54, 1.807) is 6.07 Å². The molecule has 0 atom stereocenters. The van der Waals surface area contributed by atoms with E-state index in [2.05, 4.69) is 25.9 Å². The second kappa shape index (κ2) is 4.08. The fourth-order valence-corrected chi connectivity index (χ4v) is 2.77. The van der Waals surface area contributed by atoms with Gasteiger partial charge in [-0.2, -0.15) is 0 Å². The van der Waals surface area contributed by atoms with E-state index in [0.717, 1.165) is 16.5 Å². The molecule has 1 heterocycles. The predicted octanol–water partition coefficient (Wildman–Crippen LogP) is 5.43. The zero-order chi connectivity index (χ0) is 18.1. The Morgan fingerprint density at radius 3 is 2.48 bits per heavy atom. The lowest BCUT2D eigenvalue weighted by molar-refractivity contribution is 0.421. The number of aromatic nitrogens is 1. The molecule has 0 unspecified atom stereocenters. The molecule has 0 amide bonds. The molecule has 4 rings (SSSR count). The molecule has 4 aromatic rings. The molecule has 0 spiro atoms. The molecule has 1 aromatic heterocycles. The molecule has 0 bridgehead atoms. The van der Waals surface area contributed by atoms with E-state index in [1.165, 1.54) is 0 Å². The molecule has 0 N–H and O–H groups in total. The molecule has 0 aliphatic carbocycles. The first kappa shape index (κ1) is 8.83. The van der Waals surface area contributed by atoms with Crippen molar-refractivity contribution in [1.29, 1.82) is 0 Å². The lowest BCUT2D eigenvalue weighted by Crippen LogP contribution is -2.11. The Kier molecular flexibility index (Phi) is 1.71. The van der Waals surface area contributed by atoms with Gasteiger partial charge in [0.05, 0.1) is 11.2 Å². The number of benzene rings is 3. The lowest BCUT2D eigenvalue weighted by Gasteiger charge is -2.14. The lowest BCUT2D eigenvalue weighted by atomic mass is 9.89. The van der Waals surface area contributed by atoms with Crippen molar-refractivity contribution in [2.75, 3.05) is 0 Å². The van der Waals surface area contributed by atoms with Crippen LogP contribution in [0, 0.1) is 0 Å². The summed E-state index contributed by atoms with van der Waals surface area (Å²) in [7, 11) is 0. The summed E-state index contributed by atoms with van der Waals surface area (Å²) < 4.78 is 38.1. The van der Waals surface area contributed by atoms with Crippen LogP contribution in [0.3, 0.4) is 0 Å². The quantitative estimate of drug-likeness (QED) is 0.401. The van der Waals surface area contributed by atoms with Gasteiger partial charge in [0.1, 0.15) is 0 Å². The van der Waals surface area contributed by atoms with E-state index in [4.69, 9.17) is 10.0 Å². The maximum Gasteiger partial charge on any atom is 0.175 e. The first-order chi connectivity index (χ1) is 11.7. The van der Waals surface area contributed by atoms with Crippen LogP contribution in [0.1, 0.15) is 31.9 Å². The topological polar surface area (TPSA) is 26.0 Å². The number of rotatable bonds is 0. The smallest absolute Gasteiger partial charge is 0.175 e. The van der Waals surface area contributed by atoms with Gasteiger partial charge in [-0.1, -0.05) is 68.3 Å². The number of hydrogen-bond acceptors (Lipinski definition) is 2. The van der Waals surface area contributed by atoms with Crippen molar-refractivity contribution in [3.8, 4) is 0 Å².